The fraction of sp³-hybridized carbons (Fsp3) is 0.462. The van der Waals surface area contributed by atoms with Gasteiger partial charge in [0.15, 0.2) is 0 Å². The molecule has 1 aliphatic heterocycles. The first-order chi connectivity index (χ1) is 9.86. The third kappa shape index (κ3) is 3.17. The molecule has 1 unspecified atom stereocenters. The van der Waals surface area contributed by atoms with Crippen LogP contribution in [0.15, 0.2) is 23.1 Å². The Balaban J connectivity index is 2.33. The number of carbonyl (C=O) groups is 1. The van der Waals surface area contributed by atoms with E-state index in [1.165, 1.54) is 22.5 Å². The van der Waals surface area contributed by atoms with Crippen molar-refractivity contribution in [3.63, 3.8) is 0 Å². The van der Waals surface area contributed by atoms with Gasteiger partial charge in [-0.15, -0.1) is 0 Å². The van der Waals surface area contributed by atoms with E-state index in [9.17, 15) is 18.3 Å². The van der Waals surface area contributed by atoms with Crippen molar-refractivity contribution in [3.05, 3.63) is 23.8 Å². The molecule has 0 saturated carbocycles. The predicted octanol–water partition coefficient (Wildman–Crippen LogP) is -0.239. The van der Waals surface area contributed by atoms with Gasteiger partial charge >= 0.3 is 0 Å². The summed E-state index contributed by atoms with van der Waals surface area (Å²) in [4.78, 5) is 11.0. The van der Waals surface area contributed by atoms with Crippen LogP contribution in [0.25, 0.3) is 0 Å². The molecule has 1 aromatic carbocycles. The summed E-state index contributed by atoms with van der Waals surface area (Å²) in [5.41, 5.74) is 11.1. The van der Waals surface area contributed by atoms with Gasteiger partial charge in [0.05, 0.1) is 5.69 Å². The summed E-state index contributed by atoms with van der Waals surface area (Å²) in [5, 5.41) is 9.20. The number of sulfonamides is 1. The van der Waals surface area contributed by atoms with E-state index < -0.39 is 15.9 Å². The van der Waals surface area contributed by atoms with E-state index in [1.807, 2.05) is 0 Å². The lowest BCUT2D eigenvalue weighted by Crippen LogP contribution is -2.41. The molecule has 116 valence electrons. The Morgan fingerprint density at radius 3 is 2.71 bits per heavy atom. The van der Waals surface area contributed by atoms with Crippen LogP contribution in [0.5, 0.6) is 0 Å². The molecule has 0 spiro atoms. The number of anilines is 1. The molecular formula is C13H19N3O4S. The number of hydrogen-bond donors (Lipinski definition) is 3. The van der Waals surface area contributed by atoms with E-state index in [2.05, 4.69) is 0 Å². The summed E-state index contributed by atoms with van der Waals surface area (Å²) < 4.78 is 26.5. The van der Waals surface area contributed by atoms with Gasteiger partial charge in [0.2, 0.25) is 15.9 Å². The van der Waals surface area contributed by atoms with Gasteiger partial charge in [0, 0.05) is 25.3 Å². The van der Waals surface area contributed by atoms with Gasteiger partial charge in [-0.2, -0.15) is 4.31 Å². The van der Waals surface area contributed by atoms with Gasteiger partial charge in [-0.1, -0.05) is 0 Å². The number of amides is 1. The van der Waals surface area contributed by atoms with Crippen LogP contribution in [-0.2, 0) is 10.0 Å². The smallest absolute Gasteiger partial charge is 0.248 e. The number of nitrogens with zero attached hydrogens (tertiary/aromatic N) is 1. The highest BCUT2D eigenvalue weighted by Gasteiger charge is 2.31. The highest BCUT2D eigenvalue weighted by atomic mass is 32.2. The fourth-order valence-corrected chi connectivity index (χ4v) is 4.12. The molecule has 1 fully saturated rings. The number of primary amides is 1. The van der Waals surface area contributed by atoms with Crippen molar-refractivity contribution in [1.82, 2.24) is 4.31 Å². The molecular weight excluding hydrogens is 294 g/mol. The van der Waals surface area contributed by atoms with Gasteiger partial charge in [-0.25, -0.2) is 8.42 Å². The Kier molecular flexibility index (Phi) is 4.50. The number of aliphatic hydroxyl groups excluding tert-OH is 1. The summed E-state index contributed by atoms with van der Waals surface area (Å²) in [7, 11) is -3.73. The van der Waals surface area contributed by atoms with Crippen LogP contribution in [0, 0.1) is 5.92 Å². The lowest BCUT2D eigenvalue weighted by molar-refractivity contribution is 0.1000. The van der Waals surface area contributed by atoms with E-state index in [0.29, 0.717) is 13.0 Å². The van der Waals surface area contributed by atoms with Gasteiger partial charge in [-0.05, 0) is 37.0 Å². The molecule has 1 amide bonds. The molecule has 0 bridgehead atoms. The minimum atomic E-state index is -3.73. The molecule has 1 aromatic rings. The quantitative estimate of drug-likeness (QED) is 0.661. The molecule has 8 heteroatoms. The van der Waals surface area contributed by atoms with E-state index >= 15 is 0 Å². The van der Waals surface area contributed by atoms with E-state index in [1.54, 1.807) is 0 Å². The van der Waals surface area contributed by atoms with Crippen molar-refractivity contribution in [2.75, 3.05) is 25.4 Å². The number of rotatable bonds is 4. The number of hydrogen-bond acceptors (Lipinski definition) is 5. The number of benzene rings is 1. The third-order valence-electron chi connectivity index (χ3n) is 3.65. The van der Waals surface area contributed by atoms with Crippen LogP contribution < -0.4 is 11.5 Å². The maximum Gasteiger partial charge on any atom is 0.248 e. The second-order valence-electron chi connectivity index (χ2n) is 5.17. The van der Waals surface area contributed by atoms with Crippen molar-refractivity contribution in [2.24, 2.45) is 11.7 Å². The van der Waals surface area contributed by atoms with Gasteiger partial charge in [0.1, 0.15) is 4.90 Å². The molecule has 21 heavy (non-hydrogen) atoms. The average Bonchev–Trinajstić information content (AvgIpc) is 2.46. The van der Waals surface area contributed by atoms with Gasteiger partial charge in [0.25, 0.3) is 0 Å². The molecule has 1 heterocycles. The van der Waals surface area contributed by atoms with Crippen LogP contribution in [0.4, 0.5) is 5.69 Å². The van der Waals surface area contributed by atoms with E-state index in [0.717, 1.165) is 6.42 Å². The number of nitrogens with two attached hydrogens (primary N) is 2. The Bertz CT molecular complexity index is 645. The van der Waals surface area contributed by atoms with Crippen LogP contribution in [-0.4, -0.2) is 43.4 Å². The molecule has 1 saturated heterocycles. The predicted molar refractivity (Wildman–Crippen MR) is 77.9 cm³/mol. The largest absolute Gasteiger partial charge is 0.398 e. The molecule has 0 aromatic heterocycles. The zero-order valence-corrected chi connectivity index (χ0v) is 12.3. The van der Waals surface area contributed by atoms with E-state index in [4.69, 9.17) is 11.5 Å². The second kappa shape index (κ2) is 6.00. The fourth-order valence-electron chi connectivity index (χ4n) is 2.47. The summed E-state index contributed by atoms with van der Waals surface area (Å²) in [6, 6.07) is 3.91. The number of nitrogen functional groups attached to an aromatic ring is 1. The zero-order chi connectivity index (χ0) is 15.6. The minimum Gasteiger partial charge on any atom is -0.398 e. The SMILES string of the molecule is NC(=O)c1ccc(S(=O)(=O)N2CCCC(CO)C2)c(N)c1. The molecule has 2 rings (SSSR count). The normalized spacial score (nSPS) is 20.3. The topological polar surface area (TPSA) is 127 Å². The Labute approximate surface area is 123 Å². The second-order valence-corrected chi connectivity index (χ2v) is 7.08. The lowest BCUT2D eigenvalue weighted by Gasteiger charge is -2.31. The Morgan fingerprint density at radius 2 is 2.14 bits per heavy atom. The maximum absolute atomic E-state index is 12.6. The first-order valence-electron chi connectivity index (χ1n) is 6.66. The van der Waals surface area contributed by atoms with Crippen molar-refractivity contribution < 1.29 is 18.3 Å². The standard InChI is InChI=1S/C13H19N3O4S/c14-11-6-10(13(15)18)3-4-12(11)21(19,20)16-5-1-2-9(7-16)8-17/h3-4,6,9,17H,1-2,5,7-8,14H2,(H2,15,18). The first kappa shape index (κ1) is 15.7. The Hall–Kier alpha value is -1.64. The van der Waals surface area contributed by atoms with E-state index in [-0.39, 0.29) is 35.2 Å². The van der Waals surface area contributed by atoms with Crippen molar-refractivity contribution in [2.45, 2.75) is 17.7 Å². The highest BCUT2D eigenvalue weighted by Crippen LogP contribution is 2.27. The summed E-state index contributed by atoms with van der Waals surface area (Å²) in [6.45, 7) is 0.633. The molecule has 1 atom stereocenters. The van der Waals surface area contributed by atoms with Crippen molar-refractivity contribution in [3.8, 4) is 0 Å². The summed E-state index contributed by atoms with van der Waals surface area (Å²) >= 11 is 0. The average molecular weight is 313 g/mol. The van der Waals surface area contributed by atoms with Crippen LogP contribution in [0.2, 0.25) is 0 Å². The van der Waals surface area contributed by atoms with Crippen molar-refractivity contribution in [1.29, 1.82) is 0 Å². The first-order valence-corrected chi connectivity index (χ1v) is 8.10. The van der Waals surface area contributed by atoms with Gasteiger partial charge in [-0.3, -0.25) is 4.79 Å². The molecule has 0 aliphatic carbocycles. The monoisotopic (exact) mass is 313 g/mol. The van der Waals surface area contributed by atoms with Gasteiger partial charge < -0.3 is 16.6 Å². The molecule has 1 aliphatic rings. The van der Waals surface area contributed by atoms with Crippen LogP contribution >= 0.6 is 0 Å². The van der Waals surface area contributed by atoms with Crippen LogP contribution in [0.3, 0.4) is 0 Å². The third-order valence-corrected chi connectivity index (χ3v) is 5.59. The molecule has 7 nitrogen and oxygen atoms in total. The summed E-state index contributed by atoms with van der Waals surface area (Å²) in [6.07, 6.45) is 1.50. The number of piperidine rings is 1. The van der Waals surface area contributed by atoms with Crippen molar-refractivity contribution >= 4 is 21.6 Å². The highest BCUT2D eigenvalue weighted by molar-refractivity contribution is 7.89. The maximum atomic E-state index is 12.6. The molecule has 5 N–H and O–H groups in total. The number of carbonyl (C=O) groups excluding carboxylic acids is 1. The molecule has 0 radical (unpaired) electrons. The van der Waals surface area contributed by atoms with Crippen LogP contribution in [0.1, 0.15) is 23.2 Å². The Morgan fingerprint density at radius 1 is 1.43 bits per heavy atom. The summed E-state index contributed by atoms with van der Waals surface area (Å²) in [5.74, 6) is -0.719. The minimum absolute atomic E-state index is 0.00239. The lowest BCUT2D eigenvalue weighted by atomic mass is 10.0. The zero-order valence-electron chi connectivity index (χ0n) is 11.5. The number of aliphatic hydroxyl groups is 1.